The van der Waals surface area contributed by atoms with Gasteiger partial charge in [0.25, 0.3) is 5.69 Å². The smallest absolute Gasteiger partial charge is 0.326 e. The second-order valence-electron chi connectivity index (χ2n) is 5.77. The highest BCUT2D eigenvalue weighted by Crippen LogP contribution is 2.30. The van der Waals surface area contributed by atoms with Crippen molar-refractivity contribution in [2.45, 2.75) is 6.92 Å². The SMILES string of the molecule is CCOC(=O)CN1C(=O)CN=C(c2ccccc2)c2cc([N+](=O)[O-])ccc21. The van der Waals surface area contributed by atoms with Crippen molar-refractivity contribution in [2.24, 2.45) is 4.99 Å². The van der Waals surface area contributed by atoms with Crippen LogP contribution >= 0.6 is 0 Å². The molecule has 3 rings (SSSR count). The first-order chi connectivity index (χ1) is 13.0. The van der Waals surface area contributed by atoms with Crippen molar-refractivity contribution < 1.29 is 19.2 Å². The van der Waals surface area contributed by atoms with Gasteiger partial charge in [-0.3, -0.25) is 29.6 Å². The number of benzodiazepines with no additional fused rings is 1. The van der Waals surface area contributed by atoms with Crippen molar-refractivity contribution >= 4 is 29.0 Å². The van der Waals surface area contributed by atoms with E-state index in [1.807, 2.05) is 30.3 Å². The lowest BCUT2D eigenvalue weighted by atomic mass is 9.99. The number of hydrogen-bond donors (Lipinski definition) is 0. The Kier molecular flexibility index (Phi) is 5.25. The molecule has 0 spiro atoms. The Hall–Kier alpha value is -3.55. The fourth-order valence-corrected chi connectivity index (χ4v) is 2.87. The monoisotopic (exact) mass is 367 g/mol. The van der Waals surface area contributed by atoms with Crippen LogP contribution in [0.2, 0.25) is 0 Å². The molecule has 138 valence electrons. The number of anilines is 1. The standard InChI is InChI=1S/C19H17N3O5/c1-2-27-18(24)12-21-16-9-8-14(22(25)26)10-15(16)19(20-11-17(21)23)13-6-4-3-5-7-13/h3-10H,2,11-12H2,1H3. The fraction of sp³-hybridized carbons (Fsp3) is 0.211. The van der Waals surface area contributed by atoms with E-state index in [-0.39, 0.29) is 31.3 Å². The van der Waals surface area contributed by atoms with Gasteiger partial charge in [0.1, 0.15) is 13.1 Å². The Balaban J connectivity index is 2.14. The van der Waals surface area contributed by atoms with Crippen molar-refractivity contribution in [2.75, 3.05) is 24.6 Å². The van der Waals surface area contributed by atoms with E-state index in [0.717, 1.165) is 5.56 Å². The highest BCUT2D eigenvalue weighted by molar-refractivity contribution is 6.20. The highest BCUT2D eigenvalue weighted by Gasteiger charge is 2.28. The van der Waals surface area contributed by atoms with Crippen LogP contribution in [0.25, 0.3) is 0 Å². The lowest BCUT2D eigenvalue weighted by Gasteiger charge is -2.22. The molecule has 0 radical (unpaired) electrons. The maximum Gasteiger partial charge on any atom is 0.326 e. The minimum Gasteiger partial charge on any atom is -0.465 e. The summed E-state index contributed by atoms with van der Waals surface area (Å²) in [6.07, 6.45) is 0. The fourth-order valence-electron chi connectivity index (χ4n) is 2.87. The Morgan fingerprint density at radius 1 is 1.26 bits per heavy atom. The molecule has 0 aromatic heterocycles. The van der Waals surface area contributed by atoms with Crippen LogP contribution in [0.5, 0.6) is 0 Å². The number of esters is 1. The summed E-state index contributed by atoms with van der Waals surface area (Å²) in [6, 6.07) is 13.2. The molecule has 0 saturated carbocycles. The van der Waals surface area contributed by atoms with Crippen molar-refractivity contribution in [3.63, 3.8) is 0 Å². The van der Waals surface area contributed by atoms with Crippen LogP contribution in [-0.2, 0) is 14.3 Å². The molecule has 8 nitrogen and oxygen atoms in total. The number of nitro benzene ring substituents is 1. The summed E-state index contributed by atoms with van der Waals surface area (Å²) in [4.78, 5) is 40.9. The van der Waals surface area contributed by atoms with Crippen molar-refractivity contribution in [3.05, 3.63) is 69.8 Å². The number of rotatable bonds is 5. The molecule has 8 heteroatoms. The lowest BCUT2D eigenvalue weighted by Crippen LogP contribution is -2.37. The van der Waals surface area contributed by atoms with Crippen LogP contribution in [-0.4, -0.2) is 42.2 Å². The average molecular weight is 367 g/mol. The Morgan fingerprint density at radius 2 is 2.00 bits per heavy atom. The van der Waals surface area contributed by atoms with E-state index in [0.29, 0.717) is 17.0 Å². The summed E-state index contributed by atoms with van der Waals surface area (Å²) in [5, 5.41) is 11.2. The summed E-state index contributed by atoms with van der Waals surface area (Å²) in [5.41, 5.74) is 1.88. The number of fused-ring (bicyclic) bond motifs is 1. The van der Waals surface area contributed by atoms with E-state index in [1.165, 1.54) is 23.1 Å². The average Bonchev–Trinajstić information content (AvgIpc) is 2.79. The molecular weight excluding hydrogens is 350 g/mol. The molecular formula is C19H17N3O5. The van der Waals surface area contributed by atoms with Gasteiger partial charge in [-0.2, -0.15) is 0 Å². The molecule has 2 aromatic rings. The minimum absolute atomic E-state index is 0.122. The molecule has 1 heterocycles. The first-order valence-electron chi connectivity index (χ1n) is 8.36. The number of aliphatic imine (C=N–C) groups is 1. The Morgan fingerprint density at radius 3 is 2.67 bits per heavy atom. The van der Waals surface area contributed by atoms with Gasteiger partial charge in [-0.25, -0.2) is 0 Å². The molecule has 0 bridgehead atoms. The van der Waals surface area contributed by atoms with Crippen molar-refractivity contribution in [1.29, 1.82) is 0 Å². The molecule has 0 fully saturated rings. The maximum absolute atomic E-state index is 12.6. The van der Waals surface area contributed by atoms with Crippen LogP contribution in [0.1, 0.15) is 18.1 Å². The number of nitrogens with zero attached hydrogens (tertiary/aromatic N) is 3. The summed E-state index contributed by atoms with van der Waals surface area (Å²) >= 11 is 0. The largest absolute Gasteiger partial charge is 0.465 e. The predicted molar refractivity (Wildman–Crippen MR) is 99.0 cm³/mol. The third kappa shape index (κ3) is 3.84. The summed E-state index contributed by atoms with van der Waals surface area (Å²) in [7, 11) is 0. The van der Waals surface area contributed by atoms with Crippen LogP contribution < -0.4 is 4.90 Å². The molecule has 1 amide bonds. The molecule has 1 aliphatic heterocycles. The maximum atomic E-state index is 12.6. The van der Waals surface area contributed by atoms with Gasteiger partial charge in [-0.05, 0) is 13.0 Å². The predicted octanol–water partition coefficient (Wildman–Crippen LogP) is 2.34. The zero-order chi connectivity index (χ0) is 19.4. The van der Waals surface area contributed by atoms with E-state index in [9.17, 15) is 19.7 Å². The number of hydrogen-bond acceptors (Lipinski definition) is 6. The van der Waals surface area contributed by atoms with E-state index >= 15 is 0 Å². The molecule has 0 unspecified atom stereocenters. The van der Waals surface area contributed by atoms with Gasteiger partial charge in [0.15, 0.2) is 0 Å². The van der Waals surface area contributed by atoms with Gasteiger partial charge in [-0.15, -0.1) is 0 Å². The van der Waals surface area contributed by atoms with E-state index in [2.05, 4.69) is 4.99 Å². The molecule has 0 saturated heterocycles. The van der Waals surface area contributed by atoms with Gasteiger partial charge in [-0.1, -0.05) is 30.3 Å². The zero-order valence-electron chi connectivity index (χ0n) is 14.6. The number of carbonyl (C=O) groups is 2. The van der Waals surface area contributed by atoms with E-state index < -0.39 is 10.9 Å². The van der Waals surface area contributed by atoms with Crippen LogP contribution in [0.4, 0.5) is 11.4 Å². The summed E-state index contributed by atoms with van der Waals surface area (Å²) < 4.78 is 4.94. The number of ether oxygens (including phenoxy) is 1. The second-order valence-corrected chi connectivity index (χ2v) is 5.77. The highest BCUT2D eigenvalue weighted by atomic mass is 16.6. The molecule has 0 atom stereocenters. The normalized spacial score (nSPS) is 13.4. The first-order valence-corrected chi connectivity index (χ1v) is 8.36. The minimum atomic E-state index is -0.557. The quantitative estimate of drug-likeness (QED) is 0.458. The van der Waals surface area contributed by atoms with Crippen LogP contribution in [0.15, 0.2) is 53.5 Å². The Bertz CT molecular complexity index is 924. The number of nitro groups is 1. The summed E-state index contributed by atoms with van der Waals surface area (Å²) in [6.45, 7) is 1.41. The molecule has 1 aliphatic rings. The van der Waals surface area contributed by atoms with Gasteiger partial charge < -0.3 is 4.74 Å². The number of amides is 1. The van der Waals surface area contributed by atoms with Crippen molar-refractivity contribution in [3.8, 4) is 0 Å². The molecule has 2 aromatic carbocycles. The van der Waals surface area contributed by atoms with Crippen molar-refractivity contribution in [1.82, 2.24) is 0 Å². The van der Waals surface area contributed by atoms with Gasteiger partial charge >= 0.3 is 5.97 Å². The van der Waals surface area contributed by atoms with Gasteiger partial charge in [0.05, 0.1) is 22.9 Å². The van der Waals surface area contributed by atoms with Gasteiger partial charge in [0, 0.05) is 23.3 Å². The molecule has 0 N–H and O–H groups in total. The van der Waals surface area contributed by atoms with Crippen LogP contribution in [0, 0.1) is 10.1 Å². The third-order valence-corrected chi connectivity index (χ3v) is 4.05. The number of carbonyl (C=O) groups excluding carboxylic acids is 2. The number of benzene rings is 2. The molecule has 0 aliphatic carbocycles. The second kappa shape index (κ2) is 7.77. The van der Waals surface area contributed by atoms with E-state index in [1.54, 1.807) is 6.92 Å². The van der Waals surface area contributed by atoms with E-state index in [4.69, 9.17) is 4.74 Å². The summed E-state index contributed by atoms with van der Waals surface area (Å²) in [5.74, 6) is -0.942. The molecule has 27 heavy (non-hydrogen) atoms. The van der Waals surface area contributed by atoms with Gasteiger partial charge in [0.2, 0.25) is 5.91 Å². The lowest BCUT2D eigenvalue weighted by molar-refractivity contribution is -0.384. The third-order valence-electron chi connectivity index (χ3n) is 4.05. The van der Waals surface area contributed by atoms with Crippen LogP contribution in [0.3, 0.4) is 0 Å². The number of non-ortho nitro benzene ring substituents is 1. The zero-order valence-corrected chi connectivity index (χ0v) is 14.6. The topological polar surface area (TPSA) is 102 Å². The first kappa shape index (κ1) is 18.2. The Labute approximate surface area is 155 Å².